The normalized spacial score (nSPS) is 19.9. The van der Waals surface area contributed by atoms with Crippen LogP contribution in [0.2, 0.25) is 0 Å². The smallest absolute Gasteiger partial charge is 0.340 e. The maximum absolute atomic E-state index is 12.9. The summed E-state index contributed by atoms with van der Waals surface area (Å²) < 4.78 is 28.2. The molecule has 0 radical (unpaired) electrons. The van der Waals surface area contributed by atoms with E-state index in [1.807, 2.05) is 31.2 Å². The van der Waals surface area contributed by atoms with E-state index in [1.54, 1.807) is 0 Å². The lowest BCUT2D eigenvalue weighted by Crippen LogP contribution is -2.55. The van der Waals surface area contributed by atoms with Gasteiger partial charge in [0.25, 0.3) is 0 Å². The van der Waals surface area contributed by atoms with Crippen LogP contribution in [0.4, 0.5) is 8.78 Å². The van der Waals surface area contributed by atoms with Crippen LogP contribution < -0.4 is 5.69 Å². The van der Waals surface area contributed by atoms with Crippen molar-refractivity contribution in [1.29, 1.82) is 0 Å². The van der Waals surface area contributed by atoms with Gasteiger partial charge in [-0.2, -0.15) is 5.10 Å². The van der Waals surface area contributed by atoms with E-state index in [-0.39, 0.29) is 24.7 Å². The molecule has 0 bridgehead atoms. The number of likely N-dealkylation sites (tertiary alicyclic amines) is 1. The minimum Gasteiger partial charge on any atom is -0.340 e. The molecule has 3 heterocycles. The number of hydrogen-bond donors (Lipinski definition) is 0. The molecule has 2 aromatic rings. The first-order chi connectivity index (χ1) is 12.9. The predicted octanol–water partition coefficient (Wildman–Crippen LogP) is 2.00. The summed E-state index contributed by atoms with van der Waals surface area (Å²) in [6.07, 6.45) is -0.475. The van der Waals surface area contributed by atoms with Crippen molar-refractivity contribution in [2.75, 3.05) is 13.1 Å². The molecule has 1 amide bonds. The number of fused-ring (bicyclic) bond motifs is 1. The first kappa shape index (κ1) is 17.9. The average molecular weight is 376 g/mol. The average Bonchev–Trinajstić information content (AvgIpc) is 2.91. The van der Waals surface area contributed by atoms with E-state index in [9.17, 15) is 18.4 Å². The Balaban J connectivity index is 1.56. The van der Waals surface area contributed by atoms with Crippen LogP contribution in [0, 0.1) is 12.8 Å². The molecule has 144 valence electrons. The second-order valence-electron chi connectivity index (χ2n) is 7.46. The molecule has 27 heavy (non-hydrogen) atoms. The molecule has 1 fully saturated rings. The van der Waals surface area contributed by atoms with Crippen molar-refractivity contribution in [2.24, 2.45) is 5.92 Å². The van der Waals surface area contributed by atoms with Crippen LogP contribution in [-0.4, -0.2) is 44.7 Å². The lowest BCUT2D eigenvalue weighted by molar-refractivity contribution is -0.146. The van der Waals surface area contributed by atoms with Gasteiger partial charge in [-0.25, -0.2) is 18.3 Å². The molecular weight excluding hydrogens is 354 g/mol. The Labute approximate surface area is 155 Å². The topological polar surface area (TPSA) is 60.1 Å². The molecule has 8 heteroatoms. The number of aromatic nitrogens is 3. The van der Waals surface area contributed by atoms with Gasteiger partial charge >= 0.3 is 5.69 Å². The van der Waals surface area contributed by atoms with E-state index in [0.717, 1.165) is 17.5 Å². The van der Waals surface area contributed by atoms with Gasteiger partial charge in [-0.05, 0) is 25.3 Å². The summed E-state index contributed by atoms with van der Waals surface area (Å²) in [5.74, 6) is -0.398. The second kappa shape index (κ2) is 6.90. The molecule has 0 spiro atoms. The van der Waals surface area contributed by atoms with Crippen LogP contribution in [-0.2, 0) is 17.8 Å². The first-order valence-corrected chi connectivity index (χ1v) is 9.24. The van der Waals surface area contributed by atoms with Crippen molar-refractivity contribution in [2.45, 2.75) is 45.2 Å². The fraction of sp³-hybridized carbons (Fsp3) is 0.526. The van der Waals surface area contributed by atoms with Crippen molar-refractivity contribution >= 4 is 5.91 Å². The molecule has 0 saturated carbocycles. The summed E-state index contributed by atoms with van der Waals surface area (Å²) in [5, 5.41) is 4.42. The third-order valence-electron chi connectivity index (χ3n) is 5.45. The third-order valence-corrected chi connectivity index (χ3v) is 5.45. The monoisotopic (exact) mass is 376 g/mol. The van der Waals surface area contributed by atoms with Gasteiger partial charge in [-0.3, -0.25) is 9.36 Å². The number of amides is 1. The standard InChI is InChI=1S/C19H22F2N4O2/c1-12-5-7-13(8-6-12)9-24-19(27)25-15(3-2-4-16(25)22-24)18(26)23-10-14(11-23)17(20)21/h5-8,14-15,17H,2-4,9-11H2,1H3. The van der Waals surface area contributed by atoms with Crippen LogP contribution in [0.5, 0.6) is 0 Å². The zero-order valence-electron chi connectivity index (χ0n) is 15.1. The molecule has 1 aromatic heterocycles. The summed E-state index contributed by atoms with van der Waals surface area (Å²) in [4.78, 5) is 27.1. The Hall–Kier alpha value is -2.51. The molecule has 2 aliphatic heterocycles. The van der Waals surface area contributed by atoms with Gasteiger partial charge in [0, 0.05) is 19.5 Å². The highest BCUT2D eigenvalue weighted by atomic mass is 19.3. The van der Waals surface area contributed by atoms with Gasteiger partial charge in [-0.1, -0.05) is 29.8 Å². The molecule has 4 rings (SSSR count). The van der Waals surface area contributed by atoms with E-state index in [2.05, 4.69) is 5.10 Å². The number of benzene rings is 1. The Bertz CT molecular complexity index is 897. The van der Waals surface area contributed by atoms with E-state index in [4.69, 9.17) is 0 Å². The Morgan fingerprint density at radius 1 is 1.26 bits per heavy atom. The minimum atomic E-state index is -2.41. The van der Waals surface area contributed by atoms with E-state index < -0.39 is 18.4 Å². The Kier molecular flexibility index (Phi) is 4.57. The maximum atomic E-state index is 12.9. The quantitative estimate of drug-likeness (QED) is 0.820. The highest BCUT2D eigenvalue weighted by Crippen LogP contribution is 2.29. The second-order valence-corrected chi connectivity index (χ2v) is 7.46. The van der Waals surface area contributed by atoms with Crippen molar-refractivity contribution in [3.63, 3.8) is 0 Å². The van der Waals surface area contributed by atoms with Crippen LogP contribution in [0.15, 0.2) is 29.1 Å². The molecule has 1 unspecified atom stereocenters. The zero-order valence-corrected chi connectivity index (χ0v) is 15.1. The van der Waals surface area contributed by atoms with Crippen LogP contribution in [0.25, 0.3) is 0 Å². The molecule has 1 aromatic carbocycles. The van der Waals surface area contributed by atoms with Crippen molar-refractivity contribution in [1.82, 2.24) is 19.2 Å². The molecule has 2 aliphatic rings. The number of nitrogens with zero attached hydrogens (tertiary/aromatic N) is 4. The number of halogens is 2. The Morgan fingerprint density at radius 2 is 1.96 bits per heavy atom. The molecular formula is C19H22F2N4O2. The van der Waals surface area contributed by atoms with Gasteiger partial charge in [0.1, 0.15) is 11.9 Å². The summed E-state index contributed by atoms with van der Waals surface area (Å²) in [6, 6.07) is 7.23. The summed E-state index contributed by atoms with van der Waals surface area (Å²) >= 11 is 0. The number of carbonyl (C=O) groups is 1. The van der Waals surface area contributed by atoms with Crippen LogP contribution in [0.1, 0.15) is 35.8 Å². The highest BCUT2D eigenvalue weighted by Gasteiger charge is 2.41. The van der Waals surface area contributed by atoms with Gasteiger partial charge in [0.15, 0.2) is 0 Å². The van der Waals surface area contributed by atoms with Gasteiger partial charge in [-0.15, -0.1) is 0 Å². The van der Waals surface area contributed by atoms with E-state index >= 15 is 0 Å². The summed E-state index contributed by atoms with van der Waals surface area (Å²) in [7, 11) is 0. The fourth-order valence-corrected chi connectivity index (χ4v) is 3.80. The van der Waals surface area contributed by atoms with Crippen LogP contribution in [0.3, 0.4) is 0 Å². The number of hydrogen-bond acceptors (Lipinski definition) is 3. The van der Waals surface area contributed by atoms with E-state index in [0.29, 0.717) is 25.2 Å². The van der Waals surface area contributed by atoms with Gasteiger partial charge < -0.3 is 4.90 Å². The Morgan fingerprint density at radius 3 is 2.63 bits per heavy atom. The van der Waals surface area contributed by atoms with Gasteiger partial charge in [0.2, 0.25) is 12.3 Å². The zero-order chi connectivity index (χ0) is 19.1. The third kappa shape index (κ3) is 3.28. The molecule has 1 saturated heterocycles. The number of rotatable bonds is 4. The minimum absolute atomic E-state index is 0.0641. The van der Waals surface area contributed by atoms with E-state index in [1.165, 1.54) is 14.1 Å². The summed E-state index contributed by atoms with van der Waals surface area (Å²) in [5.41, 5.74) is 1.79. The highest BCUT2D eigenvalue weighted by molar-refractivity contribution is 5.81. The molecule has 1 atom stereocenters. The summed E-state index contributed by atoms with van der Waals surface area (Å²) in [6.45, 7) is 2.47. The lowest BCUT2D eigenvalue weighted by atomic mass is 9.97. The predicted molar refractivity (Wildman–Crippen MR) is 94.8 cm³/mol. The maximum Gasteiger partial charge on any atom is 0.346 e. The van der Waals surface area contributed by atoms with Crippen molar-refractivity contribution < 1.29 is 13.6 Å². The van der Waals surface area contributed by atoms with Gasteiger partial charge in [0.05, 0.1) is 12.5 Å². The number of aryl methyl sites for hydroxylation is 2. The SMILES string of the molecule is Cc1ccc(Cn2nc3n(c2=O)C(C(=O)N2CC(C(F)F)C2)CCC3)cc1. The largest absolute Gasteiger partial charge is 0.346 e. The number of carbonyl (C=O) groups excluding carboxylic acids is 1. The first-order valence-electron chi connectivity index (χ1n) is 9.24. The van der Waals surface area contributed by atoms with Crippen LogP contribution >= 0.6 is 0 Å². The van der Waals surface area contributed by atoms with Crippen molar-refractivity contribution in [3.05, 3.63) is 51.7 Å². The molecule has 0 N–H and O–H groups in total. The lowest BCUT2D eigenvalue weighted by Gasteiger charge is -2.41. The fourth-order valence-electron chi connectivity index (χ4n) is 3.80. The van der Waals surface area contributed by atoms with Crippen molar-refractivity contribution in [3.8, 4) is 0 Å². The molecule has 6 nitrogen and oxygen atoms in total. The molecule has 0 aliphatic carbocycles. The number of alkyl halides is 2.